The Kier molecular flexibility index (Phi) is 1.77. The summed E-state index contributed by atoms with van der Waals surface area (Å²) in [5.74, 6) is 1.20. The molecule has 1 aromatic carbocycles. The number of nitrogens with zero attached hydrogens (tertiary/aromatic N) is 4. The van der Waals surface area contributed by atoms with Crippen molar-refractivity contribution < 1.29 is 4.42 Å². The lowest BCUT2D eigenvalue weighted by Crippen LogP contribution is -1.89. The third-order valence-electron chi connectivity index (χ3n) is 2.83. The van der Waals surface area contributed by atoms with Gasteiger partial charge in [-0.15, -0.1) is 5.10 Å². The molecule has 0 aliphatic rings. The number of hydrogen-bond acceptors (Lipinski definition) is 4. The molecule has 0 amide bonds. The number of rotatable bonds is 1. The van der Waals surface area contributed by atoms with Gasteiger partial charge in [-0.3, -0.25) is 0 Å². The van der Waals surface area contributed by atoms with Crippen LogP contribution >= 0.6 is 0 Å². The van der Waals surface area contributed by atoms with Gasteiger partial charge in [0.1, 0.15) is 0 Å². The van der Waals surface area contributed by atoms with Crippen molar-refractivity contribution in [1.82, 2.24) is 19.6 Å². The molecule has 0 spiro atoms. The number of oxazole rings is 1. The van der Waals surface area contributed by atoms with E-state index < -0.39 is 0 Å². The fourth-order valence-corrected chi connectivity index (χ4v) is 2.03. The number of aromatic nitrogens is 4. The monoisotopic (exact) mass is 236 g/mol. The Hall–Kier alpha value is -2.69. The summed E-state index contributed by atoms with van der Waals surface area (Å²) in [6.07, 6.45) is 1.73. The van der Waals surface area contributed by atoms with Crippen molar-refractivity contribution in [2.45, 2.75) is 0 Å². The second-order valence-corrected chi connectivity index (χ2v) is 3.93. The van der Waals surface area contributed by atoms with Gasteiger partial charge < -0.3 is 4.42 Å². The van der Waals surface area contributed by atoms with E-state index in [0.29, 0.717) is 11.4 Å². The average molecular weight is 236 g/mol. The fraction of sp³-hybridized carbons (Fsp3) is 0. The maximum Gasteiger partial charge on any atom is 0.329 e. The van der Waals surface area contributed by atoms with E-state index in [1.807, 2.05) is 46.9 Å². The van der Waals surface area contributed by atoms with E-state index in [9.17, 15) is 0 Å². The Bertz CT molecular complexity index is 832. The van der Waals surface area contributed by atoms with Crippen molar-refractivity contribution in [3.8, 4) is 11.4 Å². The van der Waals surface area contributed by atoms with Gasteiger partial charge in [-0.25, -0.2) is 9.38 Å². The van der Waals surface area contributed by atoms with E-state index in [0.717, 1.165) is 17.0 Å². The van der Waals surface area contributed by atoms with Crippen LogP contribution in [0.4, 0.5) is 0 Å². The van der Waals surface area contributed by atoms with Crippen molar-refractivity contribution in [1.29, 1.82) is 0 Å². The molecule has 5 heteroatoms. The Morgan fingerprint density at radius 1 is 0.944 bits per heavy atom. The van der Waals surface area contributed by atoms with Gasteiger partial charge in [-0.1, -0.05) is 35.4 Å². The van der Waals surface area contributed by atoms with Gasteiger partial charge >= 0.3 is 5.84 Å². The second kappa shape index (κ2) is 3.40. The molecule has 18 heavy (non-hydrogen) atoms. The fourth-order valence-electron chi connectivity index (χ4n) is 2.03. The average Bonchev–Trinajstić information content (AvgIpc) is 2.98. The van der Waals surface area contributed by atoms with Gasteiger partial charge in [0.25, 0.3) is 0 Å². The predicted molar refractivity (Wildman–Crippen MR) is 66.0 cm³/mol. The van der Waals surface area contributed by atoms with Crippen LogP contribution in [0.3, 0.4) is 0 Å². The summed E-state index contributed by atoms with van der Waals surface area (Å²) in [5, 5.41) is 8.19. The lowest BCUT2D eigenvalue weighted by molar-refractivity contribution is 0.637. The first kappa shape index (κ1) is 9.35. The predicted octanol–water partition coefficient (Wildman–Crippen LogP) is 2.54. The first-order chi connectivity index (χ1) is 8.93. The van der Waals surface area contributed by atoms with Crippen molar-refractivity contribution in [2.75, 3.05) is 0 Å². The summed E-state index contributed by atoms with van der Waals surface area (Å²) in [7, 11) is 0. The summed E-state index contributed by atoms with van der Waals surface area (Å²) < 4.78 is 7.41. The zero-order chi connectivity index (χ0) is 11.9. The summed E-state index contributed by atoms with van der Waals surface area (Å²) in [6.45, 7) is 0. The highest BCUT2D eigenvalue weighted by atomic mass is 16.4. The molecule has 0 aliphatic carbocycles. The van der Waals surface area contributed by atoms with E-state index in [-0.39, 0.29) is 0 Å². The minimum Gasteiger partial charge on any atom is -0.420 e. The van der Waals surface area contributed by atoms with Crippen molar-refractivity contribution >= 4 is 17.1 Å². The van der Waals surface area contributed by atoms with E-state index in [1.54, 1.807) is 6.20 Å². The first-order valence-corrected chi connectivity index (χ1v) is 5.57. The third-order valence-corrected chi connectivity index (χ3v) is 2.83. The molecule has 0 fully saturated rings. The Morgan fingerprint density at radius 3 is 2.72 bits per heavy atom. The molecule has 4 aromatic rings. The van der Waals surface area contributed by atoms with E-state index in [4.69, 9.17) is 4.42 Å². The molecule has 0 unspecified atom stereocenters. The lowest BCUT2D eigenvalue weighted by Gasteiger charge is -1.96. The zero-order valence-corrected chi connectivity index (χ0v) is 9.32. The molecular formula is C13H8N4O. The van der Waals surface area contributed by atoms with Gasteiger partial charge in [0.15, 0.2) is 17.1 Å². The molecule has 0 radical (unpaired) electrons. The van der Waals surface area contributed by atoms with Crippen LogP contribution in [0.25, 0.3) is 28.5 Å². The Morgan fingerprint density at radius 2 is 1.83 bits per heavy atom. The topological polar surface area (TPSA) is 56.2 Å². The number of hydrogen-bond donors (Lipinski definition) is 0. The highest BCUT2D eigenvalue weighted by molar-refractivity contribution is 5.75. The van der Waals surface area contributed by atoms with Crippen molar-refractivity contribution in [3.63, 3.8) is 0 Å². The number of fused-ring (bicyclic) bond motifs is 3. The molecule has 0 saturated heterocycles. The van der Waals surface area contributed by atoms with Crippen LogP contribution in [0.2, 0.25) is 0 Å². The molecular weight excluding hydrogens is 228 g/mol. The highest BCUT2D eigenvalue weighted by Crippen LogP contribution is 2.23. The molecule has 4 rings (SSSR count). The van der Waals surface area contributed by atoms with Crippen LogP contribution in [-0.2, 0) is 0 Å². The van der Waals surface area contributed by atoms with Gasteiger partial charge in [0.05, 0.1) is 0 Å². The van der Waals surface area contributed by atoms with Crippen LogP contribution < -0.4 is 0 Å². The minimum absolute atomic E-state index is 0.461. The molecule has 5 nitrogen and oxygen atoms in total. The van der Waals surface area contributed by atoms with E-state index in [2.05, 4.69) is 15.2 Å². The molecule has 0 bridgehead atoms. The largest absolute Gasteiger partial charge is 0.420 e. The van der Waals surface area contributed by atoms with Crippen molar-refractivity contribution in [2.24, 2.45) is 0 Å². The highest BCUT2D eigenvalue weighted by Gasteiger charge is 2.15. The summed E-state index contributed by atoms with van der Waals surface area (Å²) in [5.41, 5.74) is 2.43. The van der Waals surface area contributed by atoms with Gasteiger partial charge in [-0.05, 0) is 12.1 Å². The maximum atomic E-state index is 5.58. The third kappa shape index (κ3) is 1.18. The van der Waals surface area contributed by atoms with E-state index >= 15 is 0 Å². The summed E-state index contributed by atoms with van der Waals surface area (Å²) in [4.78, 5) is 4.32. The zero-order valence-electron chi connectivity index (χ0n) is 9.32. The molecule has 3 aromatic heterocycles. The Labute approximate surface area is 102 Å². The smallest absolute Gasteiger partial charge is 0.329 e. The normalized spacial score (nSPS) is 11.3. The first-order valence-electron chi connectivity index (χ1n) is 5.57. The van der Waals surface area contributed by atoms with Crippen LogP contribution in [0.1, 0.15) is 0 Å². The van der Waals surface area contributed by atoms with Crippen molar-refractivity contribution in [3.05, 3.63) is 48.7 Å². The lowest BCUT2D eigenvalue weighted by atomic mass is 10.2. The summed E-state index contributed by atoms with van der Waals surface area (Å²) >= 11 is 0. The molecule has 3 heterocycles. The van der Waals surface area contributed by atoms with Crippen LogP contribution in [0.15, 0.2) is 53.1 Å². The number of benzene rings is 1. The van der Waals surface area contributed by atoms with Gasteiger partial charge in [-0.2, -0.15) is 0 Å². The molecule has 0 atom stereocenters. The van der Waals surface area contributed by atoms with Crippen LogP contribution in [-0.4, -0.2) is 19.6 Å². The maximum absolute atomic E-state index is 5.58. The molecule has 0 aliphatic heterocycles. The van der Waals surface area contributed by atoms with Gasteiger partial charge in [0.2, 0.25) is 0 Å². The molecule has 0 N–H and O–H groups in total. The van der Waals surface area contributed by atoms with Crippen LogP contribution in [0, 0.1) is 0 Å². The van der Waals surface area contributed by atoms with Crippen LogP contribution in [0.5, 0.6) is 0 Å². The second-order valence-electron chi connectivity index (χ2n) is 3.93. The quantitative estimate of drug-likeness (QED) is 0.509. The summed E-state index contributed by atoms with van der Waals surface area (Å²) in [6, 6.07) is 13.6. The SMILES string of the molecule is c1ccc(-c2nnc3oc4cccnc4n23)cc1. The minimum atomic E-state index is 0.461. The standard InChI is InChI=1S/C13H8N4O/c1-2-5-9(6-3-1)11-15-16-13-17(11)12-10(18-13)7-4-8-14-12/h1-8H. The van der Waals surface area contributed by atoms with Gasteiger partial charge in [0, 0.05) is 11.8 Å². The number of pyridine rings is 1. The molecule has 86 valence electrons. The van der Waals surface area contributed by atoms with E-state index in [1.165, 1.54) is 0 Å². The molecule has 0 saturated carbocycles. The Balaban J connectivity index is 2.13.